The molecule has 21 heavy (non-hydrogen) atoms. The van der Waals surface area contributed by atoms with E-state index in [0.717, 1.165) is 38.5 Å². The summed E-state index contributed by atoms with van der Waals surface area (Å²) in [5.74, 6) is 4.81. The van der Waals surface area contributed by atoms with Crippen molar-refractivity contribution in [3.63, 3.8) is 0 Å². The van der Waals surface area contributed by atoms with Gasteiger partial charge in [0.1, 0.15) is 6.23 Å². The number of amides is 2. The van der Waals surface area contributed by atoms with Gasteiger partial charge in [-0.3, -0.25) is 15.0 Å². The molecule has 1 aliphatic rings. The van der Waals surface area contributed by atoms with Crippen LogP contribution in [-0.4, -0.2) is 34.6 Å². The van der Waals surface area contributed by atoms with Crippen LogP contribution in [0.5, 0.6) is 0 Å². The van der Waals surface area contributed by atoms with Crippen molar-refractivity contribution < 1.29 is 14.7 Å². The molecule has 1 rings (SSSR count). The predicted octanol–water partition coefficient (Wildman–Crippen LogP) is 1.20. The van der Waals surface area contributed by atoms with Crippen LogP contribution in [0, 0.1) is 0 Å². The molecule has 1 atom stereocenters. The van der Waals surface area contributed by atoms with Crippen LogP contribution >= 0.6 is 0 Å². The molecule has 0 saturated heterocycles. The first-order valence-corrected chi connectivity index (χ1v) is 7.81. The third kappa shape index (κ3) is 7.24. The number of hydrogen-bond donors (Lipinski definition) is 3. The summed E-state index contributed by atoms with van der Waals surface area (Å²) in [5.41, 5.74) is 2.13. The Morgan fingerprint density at radius 1 is 1.14 bits per heavy atom. The van der Waals surface area contributed by atoms with Crippen molar-refractivity contribution in [1.82, 2.24) is 10.3 Å². The van der Waals surface area contributed by atoms with Crippen LogP contribution in [0.1, 0.15) is 57.8 Å². The average Bonchev–Trinajstić information content (AvgIpc) is 2.80. The van der Waals surface area contributed by atoms with Crippen molar-refractivity contribution in [1.29, 1.82) is 0 Å². The van der Waals surface area contributed by atoms with E-state index in [1.54, 1.807) is 0 Å². The first kappa shape index (κ1) is 17.7. The monoisotopic (exact) mass is 297 g/mol. The van der Waals surface area contributed by atoms with E-state index in [4.69, 9.17) is 5.84 Å². The number of rotatable bonds is 11. The first-order valence-electron chi connectivity index (χ1n) is 7.81. The fraction of sp³-hybridized carbons (Fsp3) is 0.733. The van der Waals surface area contributed by atoms with Gasteiger partial charge in [0.2, 0.25) is 11.8 Å². The molecule has 120 valence electrons. The van der Waals surface area contributed by atoms with Crippen LogP contribution in [0.4, 0.5) is 0 Å². The van der Waals surface area contributed by atoms with E-state index < -0.39 is 6.23 Å². The van der Waals surface area contributed by atoms with E-state index in [2.05, 4.69) is 5.43 Å². The zero-order valence-corrected chi connectivity index (χ0v) is 12.6. The van der Waals surface area contributed by atoms with Crippen molar-refractivity contribution in [2.75, 3.05) is 6.54 Å². The van der Waals surface area contributed by atoms with Gasteiger partial charge in [0.25, 0.3) is 0 Å². The fourth-order valence-corrected chi connectivity index (χ4v) is 2.44. The molecule has 6 heteroatoms. The minimum atomic E-state index is -0.733. The van der Waals surface area contributed by atoms with Gasteiger partial charge < -0.3 is 10.0 Å². The van der Waals surface area contributed by atoms with Gasteiger partial charge >= 0.3 is 0 Å². The number of carbonyl (C=O) groups is 2. The number of nitrogens with zero attached hydrogens (tertiary/aromatic N) is 1. The summed E-state index contributed by atoms with van der Waals surface area (Å²) >= 11 is 0. The Bertz CT molecular complexity index is 358. The molecule has 2 amide bonds. The van der Waals surface area contributed by atoms with Gasteiger partial charge in [-0.2, -0.15) is 0 Å². The minimum Gasteiger partial charge on any atom is -0.370 e. The fourth-order valence-electron chi connectivity index (χ4n) is 2.44. The SMILES string of the molecule is NNC(=O)CCCCCCCCCCN1C(=O)C=CC1O. The molecular weight excluding hydrogens is 270 g/mol. The van der Waals surface area contributed by atoms with E-state index in [9.17, 15) is 14.7 Å². The standard InChI is InChI=1S/C15H27N3O3/c16-17-13(19)9-7-5-3-1-2-4-6-8-12-18-14(20)10-11-15(18)21/h10-11,14,20H,1-9,12,16H2,(H,17,19). The van der Waals surface area contributed by atoms with Gasteiger partial charge in [-0.25, -0.2) is 5.84 Å². The highest BCUT2D eigenvalue weighted by Crippen LogP contribution is 2.13. The average molecular weight is 297 g/mol. The van der Waals surface area contributed by atoms with Crippen molar-refractivity contribution in [3.05, 3.63) is 12.2 Å². The molecule has 1 heterocycles. The van der Waals surface area contributed by atoms with Gasteiger partial charge in [0.15, 0.2) is 0 Å². The maximum absolute atomic E-state index is 11.4. The number of carbonyl (C=O) groups excluding carboxylic acids is 2. The molecule has 4 N–H and O–H groups in total. The Balaban J connectivity index is 1.85. The number of hydrazine groups is 1. The summed E-state index contributed by atoms with van der Waals surface area (Å²) in [4.78, 5) is 23.7. The second kappa shape index (κ2) is 10.3. The lowest BCUT2D eigenvalue weighted by Gasteiger charge is -2.20. The number of aliphatic hydroxyl groups is 1. The van der Waals surface area contributed by atoms with Gasteiger partial charge in [0, 0.05) is 19.0 Å². The highest BCUT2D eigenvalue weighted by Gasteiger charge is 2.22. The number of aliphatic hydroxyl groups excluding tert-OH is 1. The molecule has 0 aliphatic carbocycles. The molecule has 0 aromatic carbocycles. The van der Waals surface area contributed by atoms with Gasteiger partial charge in [-0.1, -0.05) is 38.5 Å². The normalized spacial score (nSPS) is 17.5. The molecule has 0 radical (unpaired) electrons. The van der Waals surface area contributed by atoms with Crippen molar-refractivity contribution in [2.24, 2.45) is 5.84 Å². The van der Waals surface area contributed by atoms with E-state index in [1.807, 2.05) is 0 Å². The minimum absolute atomic E-state index is 0.0935. The Morgan fingerprint density at radius 3 is 2.24 bits per heavy atom. The summed E-state index contributed by atoms with van der Waals surface area (Å²) in [6.45, 7) is 0.626. The summed E-state index contributed by atoms with van der Waals surface area (Å²) in [5, 5.41) is 9.52. The molecular formula is C15H27N3O3. The van der Waals surface area contributed by atoms with Gasteiger partial charge in [0.05, 0.1) is 0 Å². The largest absolute Gasteiger partial charge is 0.370 e. The second-order valence-corrected chi connectivity index (χ2v) is 5.45. The predicted molar refractivity (Wildman–Crippen MR) is 80.7 cm³/mol. The van der Waals surface area contributed by atoms with Crippen LogP contribution in [-0.2, 0) is 9.59 Å². The summed E-state index contributed by atoms with van der Waals surface area (Å²) < 4.78 is 0. The molecule has 0 aromatic rings. The van der Waals surface area contributed by atoms with E-state index in [0.29, 0.717) is 13.0 Å². The van der Waals surface area contributed by atoms with Crippen molar-refractivity contribution in [3.8, 4) is 0 Å². The van der Waals surface area contributed by atoms with Crippen LogP contribution in [0.2, 0.25) is 0 Å². The number of unbranched alkanes of at least 4 members (excludes halogenated alkanes) is 7. The lowest BCUT2D eigenvalue weighted by atomic mass is 10.1. The number of nitrogens with two attached hydrogens (primary N) is 1. The highest BCUT2D eigenvalue weighted by atomic mass is 16.3. The van der Waals surface area contributed by atoms with Crippen molar-refractivity contribution >= 4 is 11.8 Å². The zero-order chi connectivity index (χ0) is 15.5. The van der Waals surface area contributed by atoms with Gasteiger partial charge in [-0.15, -0.1) is 0 Å². The molecule has 0 bridgehead atoms. The lowest BCUT2D eigenvalue weighted by Crippen LogP contribution is -2.34. The maximum atomic E-state index is 11.4. The second-order valence-electron chi connectivity index (χ2n) is 5.45. The molecule has 6 nitrogen and oxygen atoms in total. The van der Waals surface area contributed by atoms with E-state index in [1.165, 1.54) is 29.9 Å². The first-order chi connectivity index (χ1) is 10.1. The molecule has 0 fully saturated rings. The van der Waals surface area contributed by atoms with E-state index in [-0.39, 0.29) is 11.8 Å². The van der Waals surface area contributed by atoms with Gasteiger partial charge in [-0.05, 0) is 18.9 Å². The smallest absolute Gasteiger partial charge is 0.248 e. The number of hydrogen-bond acceptors (Lipinski definition) is 4. The van der Waals surface area contributed by atoms with E-state index >= 15 is 0 Å². The third-order valence-electron chi connectivity index (χ3n) is 3.73. The molecule has 0 spiro atoms. The lowest BCUT2D eigenvalue weighted by molar-refractivity contribution is -0.130. The molecule has 1 unspecified atom stereocenters. The summed E-state index contributed by atoms with van der Waals surface area (Å²) in [7, 11) is 0. The molecule has 1 aliphatic heterocycles. The summed E-state index contributed by atoms with van der Waals surface area (Å²) in [6, 6.07) is 0. The Hall–Kier alpha value is -1.40. The Morgan fingerprint density at radius 2 is 1.71 bits per heavy atom. The topological polar surface area (TPSA) is 95.7 Å². The molecule has 0 aromatic heterocycles. The third-order valence-corrected chi connectivity index (χ3v) is 3.73. The highest BCUT2D eigenvalue weighted by molar-refractivity contribution is 5.90. The molecule has 0 saturated carbocycles. The van der Waals surface area contributed by atoms with Crippen LogP contribution in [0.3, 0.4) is 0 Å². The van der Waals surface area contributed by atoms with Crippen LogP contribution in [0.15, 0.2) is 12.2 Å². The Labute approximate surface area is 126 Å². The van der Waals surface area contributed by atoms with Crippen LogP contribution in [0.25, 0.3) is 0 Å². The zero-order valence-electron chi connectivity index (χ0n) is 12.6. The maximum Gasteiger partial charge on any atom is 0.248 e. The summed E-state index contributed by atoms with van der Waals surface area (Å²) in [6.07, 6.45) is 11.3. The van der Waals surface area contributed by atoms with Crippen LogP contribution < -0.4 is 11.3 Å². The quantitative estimate of drug-likeness (QED) is 0.231. The van der Waals surface area contributed by atoms with Crippen molar-refractivity contribution in [2.45, 2.75) is 64.0 Å². The Kier molecular flexibility index (Phi) is 8.69. The number of nitrogens with one attached hydrogen (secondary N) is 1.